The Balaban J connectivity index is 2.84. The fourth-order valence-electron chi connectivity index (χ4n) is 1.18. The van der Waals surface area contributed by atoms with E-state index in [1.807, 2.05) is 6.92 Å². The molecule has 1 amide bonds. The predicted octanol–water partition coefficient (Wildman–Crippen LogP) is -0.0141. The number of carbonyl (C=O) groups excluding carboxylic acids is 1. The first kappa shape index (κ1) is 12.5. The minimum absolute atomic E-state index is 0.146. The molecular formula is C10H18N4O2. The van der Waals surface area contributed by atoms with Gasteiger partial charge in [0.25, 0.3) is 5.91 Å². The third-order valence-electron chi connectivity index (χ3n) is 2.18. The van der Waals surface area contributed by atoms with Crippen LogP contribution < -0.4 is 11.1 Å². The van der Waals surface area contributed by atoms with Crippen molar-refractivity contribution in [3.63, 3.8) is 0 Å². The maximum atomic E-state index is 11.8. The molecule has 0 aliphatic rings. The first-order valence-corrected chi connectivity index (χ1v) is 5.16. The molecule has 1 aromatic rings. The van der Waals surface area contributed by atoms with Crippen LogP contribution in [0.2, 0.25) is 0 Å². The summed E-state index contributed by atoms with van der Waals surface area (Å²) in [6.45, 7) is 5.86. The van der Waals surface area contributed by atoms with E-state index >= 15 is 0 Å². The number of carbonyl (C=O) groups is 1. The fraction of sp³-hybridized carbons (Fsp3) is 0.600. The van der Waals surface area contributed by atoms with E-state index in [9.17, 15) is 4.79 Å². The molecule has 16 heavy (non-hydrogen) atoms. The Morgan fingerprint density at radius 2 is 2.31 bits per heavy atom. The molecule has 4 N–H and O–H groups in total. The monoisotopic (exact) mass is 226 g/mol. The van der Waals surface area contributed by atoms with Gasteiger partial charge in [-0.1, -0.05) is 0 Å². The number of aromatic nitrogens is 2. The van der Waals surface area contributed by atoms with Crippen molar-refractivity contribution in [2.45, 2.75) is 32.9 Å². The number of anilines is 1. The summed E-state index contributed by atoms with van der Waals surface area (Å²) in [5.41, 5.74) is 5.53. The van der Waals surface area contributed by atoms with Crippen molar-refractivity contribution in [3.05, 3.63) is 11.9 Å². The molecule has 0 saturated carbocycles. The zero-order chi connectivity index (χ0) is 12.3. The second kappa shape index (κ2) is 4.52. The van der Waals surface area contributed by atoms with Crippen LogP contribution in [-0.4, -0.2) is 32.9 Å². The van der Waals surface area contributed by atoms with Crippen LogP contribution in [0.25, 0.3) is 0 Å². The molecule has 0 atom stereocenters. The van der Waals surface area contributed by atoms with E-state index in [-0.39, 0.29) is 18.2 Å². The predicted molar refractivity (Wildman–Crippen MR) is 60.9 cm³/mol. The number of nitrogens with two attached hydrogens (primary N) is 1. The number of nitrogen functional groups attached to an aromatic ring is 1. The van der Waals surface area contributed by atoms with Crippen molar-refractivity contribution in [1.82, 2.24) is 15.1 Å². The van der Waals surface area contributed by atoms with Gasteiger partial charge in [-0.2, -0.15) is 5.10 Å². The van der Waals surface area contributed by atoms with Crippen molar-refractivity contribution < 1.29 is 9.90 Å². The Bertz CT molecular complexity index is 384. The van der Waals surface area contributed by atoms with Crippen LogP contribution in [0.4, 0.5) is 5.69 Å². The standard InChI is InChI=1S/C10H18N4O2/c1-4-14-5-7(11)8(13-14)9(16)12-10(2,3)6-15/h5,15H,4,6,11H2,1-3H3,(H,12,16). The lowest BCUT2D eigenvalue weighted by Gasteiger charge is -2.22. The van der Waals surface area contributed by atoms with Crippen molar-refractivity contribution in [1.29, 1.82) is 0 Å². The Morgan fingerprint density at radius 3 is 2.75 bits per heavy atom. The molecule has 1 rings (SSSR count). The minimum atomic E-state index is -0.681. The summed E-state index contributed by atoms with van der Waals surface area (Å²) in [7, 11) is 0. The molecule has 0 aliphatic heterocycles. The fourth-order valence-corrected chi connectivity index (χ4v) is 1.18. The summed E-state index contributed by atoms with van der Waals surface area (Å²) in [5.74, 6) is -0.372. The van der Waals surface area contributed by atoms with E-state index in [2.05, 4.69) is 10.4 Å². The number of aliphatic hydroxyl groups excluding tert-OH is 1. The Hall–Kier alpha value is -1.56. The first-order valence-electron chi connectivity index (χ1n) is 5.16. The Kier molecular flexibility index (Phi) is 3.54. The number of nitrogens with zero attached hydrogens (tertiary/aromatic N) is 2. The lowest BCUT2D eigenvalue weighted by atomic mass is 10.1. The van der Waals surface area contributed by atoms with Crippen molar-refractivity contribution in [3.8, 4) is 0 Å². The third kappa shape index (κ3) is 2.73. The Morgan fingerprint density at radius 1 is 1.69 bits per heavy atom. The molecule has 0 unspecified atom stereocenters. The minimum Gasteiger partial charge on any atom is -0.396 e. The highest BCUT2D eigenvalue weighted by molar-refractivity contribution is 5.97. The second-order valence-corrected chi connectivity index (χ2v) is 4.28. The second-order valence-electron chi connectivity index (χ2n) is 4.28. The van der Waals surface area contributed by atoms with E-state index in [0.29, 0.717) is 12.2 Å². The topological polar surface area (TPSA) is 93.2 Å². The van der Waals surface area contributed by atoms with Crippen molar-refractivity contribution in [2.24, 2.45) is 0 Å². The number of hydrogen-bond donors (Lipinski definition) is 3. The van der Waals surface area contributed by atoms with Crippen LogP contribution >= 0.6 is 0 Å². The molecule has 1 heterocycles. The maximum Gasteiger partial charge on any atom is 0.274 e. The molecule has 0 aliphatic carbocycles. The van der Waals surface area contributed by atoms with Gasteiger partial charge < -0.3 is 16.2 Å². The highest BCUT2D eigenvalue weighted by atomic mass is 16.3. The van der Waals surface area contributed by atoms with Crippen molar-refractivity contribution >= 4 is 11.6 Å². The maximum absolute atomic E-state index is 11.8. The van der Waals surface area contributed by atoms with Gasteiger partial charge in [-0.05, 0) is 20.8 Å². The summed E-state index contributed by atoms with van der Waals surface area (Å²) >= 11 is 0. The molecule has 0 bridgehead atoms. The van der Waals surface area contributed by atoms with E-state index in [4.69, 9.17) is 10.8 Å². The smallest absolute Gasteiger partial charge is 0.274 e. The number of amides is 1. The highest BCUT2D eigenvalue weighted by Crippen LogP contribution is 2.10. The zero-order valence-electron chi connectivity index (χ0n) is 9.82. The van der Waals surface area contributed by atoms with E-state index in [0.717, 1.165) is 0 Å². The van der Waals surface area contributed by atoms with Gasteiger partial charge in [-0.25, -0.2) is 0 Å². The molecule has 1 aromatic heterocycles. The number of aliphatic hydroxyl groups is 1. The van der Waals surface area contributed by atoms with Gasteiger partial charge >= 0.3 is 0 Å². The quantitative estimate of drug-likeness (QED) is 0.673. The van der Waals surface area contributed by atoms with Gasteiger partial charge in [0.1, 0.15) is 0 Å². The molecule has 0 radical (unpaired) electrons. The van der Waals surface area contributed by atoms with Crippen LogP contribution in [0.5, 0.6) is 0 Å². The van der Waals surface area contributed by atoms with Gasteiger partial charge in [-0.3, -0.25) is 9.48 Å². The normalized spacial score (nSPS) is 11.5. The average Bonchev–Trinajstić information content (AvgIpc) is 2.59. The molecule has 0 fully saturated rings. The summed E-state index contributed by atoms with van der Waals surface area (Å²) in [4.78, 5) is 11.8. The SMILES string of the molecule is CCn1cc(N)c(C(=O)NC(C)(C)CO)n1. The first-order chi connectivity index (χ1) is 7.39. The largest absolute Gasteiger partial charge is 0.396 e. The molecule has 0 saturated heterocycles. The number of rotatable bonds is 4. The summed E-state index contributed by atoms with van der Waals surface area (Å²) in [5, 5.41) is 15.7. The lowest BCUT2D eigenvalue weighted by Crippen LogP contribution is -2.46. The van der Waals surface area contributed by atoms with Gasteiger partial charge in [0.05, 0.1) is 17.8 Å². The number of hydrogen-bond acceptors (Lipinski definition) is 4. The van der Waals surface area contributed by atoms with Crippen LogP contribution in [-0.2, 0) is 6.54 Å². The summed E-state index contributed by atoms with van der Waals surface area (Å²) in [6, 6.07) is 0. The van der Waals surface area contributed by atoms with E-state index in [1.54, 1.807) is 24.7 Å². The highest BCUT2D eigenvalue weighted by Gasteiger charge is 2.23. The van der Waals surface area contributed by atoms with Crippen molar-refractivity contribution in [2.75, 3.05) is 12.3 Å². The molecule has 0 spiro atoms. The molecule has 0 aromatic carbocycles. The summed E-state index contributed by atoms with van der Waals surface area (Å²) in [6.07, 6.45) is 1.61. The molecule has 6 nitrogen and oxygen atoms in total. The van der Waals surface area contributed by atoms with Crippen LogP contribution in [0, 0.1) is 0 Å². The average molecular weight is 226 g/mol. The molecule has 90 valence electrons. The third-order valence-corrected chi connectivity index (χ3v) is 2.18. The number of aryl methyl sites for hydroxylation is 1. The van der Waals surface area contributed by atoms with Crippen LogP contribution in [0.1, 0.15) is 31.3 Å². The Labute approximate surface area is 94.4 Å². The van der Waals surface area contributed by atoms with Gasteiger partial charge in [0, 0.05) is 12.7 Å². The van der Waals surface area contributed by atoms with E-state index in [1.165, 1.54) is 0 Å². The molecule has 6 heteroatoms. The van der Waals surface area contributed by atoms with Crippen LogP contribution in [0.3, 0.4) is 0 Å². The zero-order valence-corrected chi connectivity index (χ0v) is 9.82. The molecular weight excluding hydrogens is 208 g/mol. The van der Waals surface area contributed by atoms with Gasteiger partial charge in [0.2, 0.25) is 0 Å². The van der Waals surface area contributed by atoms with E-state index < -0.39 is 5.54 Å². The summed E-state index contributed by atoms with van der Waals surface area (Å²) < 4.78 is 1.59. The number of nitrogens with one attached hydrogen (secondary N) is 1. The van der Waals surface area contributed by atoms with Gasteiger partial charge in [-0.15, -0.1) is 0 Å². The van der Waals surface area contributed by atoms with Gasteiger partial charge in [0.15, 0.2) is 5.69 Å². The van der Waals surface area contributed by atoms with Crippen LogP contribution in [0.15, 0.2) is 6.20 Å². The lowest BCUT2D eigenvalue weighted by molar-refractivity contribution is 0.0864.